The fourth-order valence-electron chi connectivity index (χ4n) is 3.54. The lowest BCUT2D eigenvalue weighted by atomic mass is 10.0. The molecule has 2 amide bonds. The highest BCUT2D eigenvalue weighted by atomic mass is 32.2. The first kappa shape index (κ1) is 24.4. The van der Waals surface area contributed by atoms with Crippen molar-refractivity contribution in [1.29, 1.82) is 0 Å². The smallest absolute Gasteiger partial charge is 0.261 e. The molecule has 9 heteroatoms. The summed E-state index contributed by atoms with van der Waals surface area (Å²) in [5, 5.41) is 5.78. The SMILES string of the molecule is O=C(Cc1ccc(NS(=O)(=O)c2ccc(F)cc2)cc1)NC(Cc1ccccc1)C(=O)NC1CC1. The molecule has 1 aliphatic carbocycles. The van der Waals surface area contributed by atoms with Gasteiger partial charge in [-0.1, -0.05) is 42.5 Å². The van der Waals surface area contributed by atoms with Gasteiger partial charge in [-0.25, -0.2) is 12.8 Å². The molecule has 0 bridgehead atoms. The van der Waals surface area contributed by atoms with Crippen LogP contribution in [0, 0.1) is 5.82 Å². The van der Waals surface area contributed by atoms with Crippen LogP contribution in [-0.4, -0.2) is 32.3 Å². The van der Waals surface area contributed by atoms with E-state index < -0.39 is 21.9 Å². The van der Waals surface area contributed by atoms with Gasteiger partial charge in [0.05, 0.1) is 11.3 Å². The van der Waals surface area contributed by atoms with Gasteiger partial charge in [0.2, 0.25) is 11.8 Å². The highest BCUT2D eigenvalue weighted by Gasteiger charge is 2.28. The third kappa shape index (κ3) is 7.13. The number of hydrogen-bond donors (Lipinski definition) is 3. The van der Waals surface area contributed by atoms with E-state index in [1.807, 2.05) is 30.3 Å². The number of halogens is 1. The van der Waals surface area contributed by atoms with Crippen LogP contribution in [0.4, 0.5) is 10.1 Å². The number of hydrogen-bond acceptors (Lipinski definition) is 4. The lowest BCUT2D eigenvalue weighted by Crippen LogP contribution is -2.49. The summed E-state index contributed by atoms with van der Waals surface area (Å²) in [7, 11) is -3.87. The Kier molecular flexibility index (Phi) is 7.45. The van der Waals surface area contributed by atoms with E-state index >= 15 is 0 Å². The largest absolute Gasteiger partial charge is 0.352 e. The molecule has 1 unspecified atom stereocenters. The molecule has 3 aromatic rings. The van der Waals surface area contributed by atoms with Crippen LogP contribution in [-0.2, 0) is 32.5 Å². The van der Waals surface area contributed by atoms with E-state index in [9.17, 15) is 22.4 Å². The van der Waals surface area contributed by atoms with Gasteiger partial charge in [-0.3, -0.25) is 14.3 Å². The first-order valence-electron chi connectivity index (χ1n) is 11.3. The van der Waals surface area contributed by atoms with Gasteiger partial charge < -0.3 is 10.6 Å². The molecular formula is C26H26FN3O4S. The van der Waals surface area contributed by atoms with Gasteiger partial charge in [0.1, 0.15) is 11.9 Å². The fourth-order valence-corrected chi connectivity index (χ4v) is 4.60. The van der Waals surface area contributed by atoms with Gasteiger partial charge in [0.25, 0.3) is 10.0 Å². The molecule has 0 spiro atoms. The number of rotatable bonds is 10. The van der Waals surface area contributed by atoms with Crippen LogP contribution in [0.2, 0.25) is 0 Å². The molecule has 0 aromatic heterocycles. The summed E-state index contributed by atoms with van der Waals surface area (Å²) in [6.07, 6.45) is 2.33. The summed E-state index contributed by atoms with van der Waals surface area (Å²) < 4.78 is 40.4. The molecule has 1 saturated carbocycles. The second kappa shape index (κ2) is 10.7. The molecule has 7 nitrogen and oxygen atoms in total. The zero-order chi connectivity index (χ0) is 24.8. The number of sulfonamides is 1. The van der Waals surface area contributed by atoms with Crippen molar-refractivity contribution in [2.45, 2.75) is 42.7 Å². The van der Waals surface area contributed by atoms with Crippen molar-refractivity contribution in [3.05, 3.63) is 95.8 Å². The minimum absolute atomic E-state index is 0.0347. The standard InChI is InChI=1S/C26H26FN3O4S/c27-20-8-14-23(15-9-20)35(33,34)30-22-10-6-19(7-11-22)17-25(31)29-24(26(32)28-21-12-13-21)16-18-4-2-1-3-5-18/h1-11,14-15,21,24,30H,12-13,16-17H2,(H,28,32)(H,29,31). The Morgan fingerprint density at radius 3 is 2.17 bits per heavy atom. The van der Waals surface area contributed by atoms with E-state index in [2.05, 4.69) is 15.4 Å². The molecule has 1 atom stereocenters. The maximum absolute atomic E-state index is 13.1. The second-order valence-electron chi connectivity index (χ2n) is 8.53. The minimum atomic E-state index is -3.87. The van der Waals surface area contributed by atoms with Crippen molar-refractivity contribution < 1.29 is 22.4 Å². The van der Waals surface area contributed by atoms with Crippen molar-refractivity contribution >= 4 is 27.5 Å². The zero-order valence-corrected chi connectivity index (χ0v) is 19.7. The molecule has 0 radical (unpaired) electrons. The van der Waals surface area contributed by atoms with Gasteiger partial charge in [-0.15, -0.1) is 0 Å². The summed E-state index contributed by atoms with van der Waals surface area (Å²) in [4.78, 5) is 25.3. The molecule has 1 fully saturated rings. The molecule has 182 valence electrons. The Morgan fingerprint density at radius 2 is 1.54 bits per heavy atom. The Morgan fingerprint density at radius 1 is 0.886 bits per heavy atom. The lowest BCUT2D eigenvalue weighted by Gasteiger charge is -2.19. The molecule has 0 heterocycles. The van der Waals surface area contributed by atoms with Crippen LogP contribution in [0.15, 0.2) is 83.8 Å². The Bertz CT molecular complexity index is 1280. The number of amides is 2. The summed E-state index contributed by atoms with van der Waals surface area (Å²) >= 11 is 0. The van der Waals surface area contributed by atoms with Crippen LogP contribution in [0.5, 0.6) is 0 Å². The maximum Gasteiger partial charge on any atom is 0.261 e. The molecule has 4 rings (SSSR count). The number of carbonyl (C=O) groups excluding carboxylic acids is 2. The van der Waals surface area contributed by atoms with E-state index in [0.717, 1.165) is 30.5 Å². The third-order valence-corrected chi connectivity index (χ3v) is 6.95. The monoisotopic (exact) mass is 495 g/mol. The van der Waals surface area contributed by atoms with Crippen LogP contribution in [0.1, 0.15) is 24.0 Å². The van der Waals surface area contributed by atoms with Crippen molar-refractivity contribution in [2.24, 2.45) is 0 Å². The van der Waals surface area contributed by atoms with Gasteiger partial charge >= 0.3 is 0 Å². The predicted octanol–water partition coefficient (Wildman–Crippen LogP) is 3.18. The van der Waals surface area contributed by atoms with Crippen molar-refractivity contribution in [3.8, 4) is 0 Å². The quantitative estimate of drug-likeness (QED) is 0.402. The third-order valence-electron chi connectivity index (χ3n) is 5.55. The molecule has 0 aliphatic heterocycles. The topological polar surface area (TPSA) is 104 Å². The van der Waals surface area contributed by atoms with E-state index in [1.54, 1.807) is 24.3 Å². The van der Waals surface area contributed by atoms with Gasteiger partial charge in [0.15, 0.2) is 0 Å². The maximum atomic E-state index is 13.1. The summed E-state index contributed by atoms with van der Waals surface area (Å²) in [6.45, 7) is 0. The first-order chi connectivity index (χ1) is 16.8. The predicted molar refractivity (Wildman–Crippen MR) is 131 cm³/mol. The van der Waals surface area contributed by atoms with Crippen molar-refractivity contribution in [2.75, 3.05) is 4.72 Å². The minimum Gasteiger partial charge on any atom is -0.352 e. The van der Waals surface area contributed by atoms with Crippen molar-refractivity contribution in [1.82, 2.24) is 10.6 Å². The first-order valence-corrected chi connectivity index (χ1v) is 12.8. The molecular weight excluding hydrogens is 469 g/mol. The van der Waals surface area contributed by atoms with Crippen LogP contribution < -0.4 is 15.4 Å². The number of carbonyl (C=O) groups is 2. The van der Waals surface area contributed by atoms with E-state index in [1.165, 1.54) is 12.1 Å². The average molecular weight is 496 g/mol. The summed E-state index contributed by atoms with van der Waals surface area (Å²) in [5.41, 5.74) is 1.92. The van der Waals surface area contributed by atoms with E-state index in [-0.39, 0.29) is 29.2 Å². The number of anilines is 1. The number of nitrogens with one attached hydrogen (secondary N) is 3. The molecule has 1 aliphatic rings. The molecule has 0 saturated heterocycles. The lowest BCUT2D eigenvalue weighted by molar-refractivity contribution is -0.128. The van der Waals surface area contributed by atoms with E-state index in [4.69, 9.17) is 0 Å². The second-order valence-corrected chi connectivity index (χ2v) is 10.2. The Balaban J connectivity index is 1.37. The number of benzene rings is 3. The Labute approximate surface area is 203 Å². The molecule has 3 N–H and O–H groups in total. The van der Waals surface area contributed by atoms with Gasteiger partial charge in [-0.2, -0.15) is 0 Å². The van der Waals surface area contributed by atoms with E-state index in [0.29, 0.717) is 17.7 Å². The zero-order valence-electron chi connectivity index (χ0n) is 18.9. The highest BCUT2D eigenvalue weighted by Crippen LogP contribution is 2.19. The summed E-state index contributed by atoms with van der Waals surface area (Å²) in [5.74, 6) is -1.03. The fraction of sp³-hybridized carbons (Fsp3) is 0.231. The Hall–Kier alpha value is -3.72. The van der Waals surface area contributed by atoms with Gasteiger partial charge in [0, 0.05) is 18.2 Å². The van der Waals surface area contributed by atoms with Gasteiger partial charge in [-0.05, 0) is 60.4 Å². The molecule has 35 heavy (non-hydrogen) atoms. The van der Waals surface area contributed by atoms with Crippen LogP contribution in [0.3, 0.4) is 0 Å². The molecule has 3 aromatic carbocycles. The van der Waals surface area contributed by atoms with Crippen molar-refractivity contribution in [3.63, 3.8) is 0 Å². The highest BCUT2D eigenvalue weighted by molar-refractivity contribution is 7.92. The normalized spacial score (nSPS) is 14.1. The van der Waals surface area contributed by atoms with Crippen LogP contribution in [0.25, 0.3) is 0 Å². The average Bonchev–Trinajstić information content (AvgIpc) is 3.65. The van der Waals surface area contributed by atoms with Crippen LogP contribution >= 0.6 is 0 Å². The summed E-state index contributed by atoms with van der Waals surface area (Å²) in [6, 6.07) is 19.9.